The van der Waals surface area contributed by atoms with Crippen molar-refractivity contribution in [3.63, 3.8) is 0 Å². The van der Waals surface area contributed by atoms with Crippen molar-refractivity contribution in [2.24, 2.45) is 0 Å². The van der Waals surface area contributed by atoms with Crippen molar-refractivity contribution in [2.45, 2.75) is 64.2 Å². The highest BCUT2D eigenvalue weighted by atomic mass is 32.1. The number of piperidine rings is 1. The average Bonchev–Trinajstić information content (AvgIpc) is 3.60. The van der Waals surface area contributed by atoms with Gasteiger partial charge in [0.2, 0.25) is 0 Å². The molecule has 0 N–H and O–H groups in total. The summed E-state index contributed by atoms with van der Waals surface area (Å²) < 4.78 is 5.56. The number of aromatic nitrogens is 2. The number of hydrogen-bond acceptors (Lipinski definition) is 8. The Kier molecular flexibility index (Phi) is 6.60. The van der Waals surface area contributed by atoms with Crippen LogP contribution >= 0.6 is 22.7 Å². The summed E-state index contributed by atoms with van der Waals surface area (Å²) >= 11 is 3.58. The van der Waals surface area contributed by atoms with E-state index in [1.54, 1.807) is 11.3 Å². The first-order chi connectivity index (χ1) is 16.7. The number of rotatable bonds is 5. The van der Waals surface area contributed by atoms with Crippen LogP contribution in [-0.4, -0.2) is 77.3 Å². The number of nitrogens with zero attached hydrogens (tertiary/aromatic N) is 5. The van der Waals surface area contributed by atoms with Crippen molar-refractivity contribution in [3.05, 3.63) is 28.7 Å². The summed E-state index contributed by atoms with van der Waals surface area (Å²) in [5.41, 5.74) is 1.30. The third kappa shape index (κ3) is 4.39. The first-order valence-corrected chi connectivity index (χ1v) is 14.6. The van der Waals surface area contributed by atoms with Crippen LogP contribution in [0.3, 0.4) is 0 Å². The zero-order valence-electron chi connectivity index (χ0n) is 20.3. The van der Waals surface area contributed by atoms with Gasteiger partial charge in [-0.25, -0.2) is 9.97 Å². The van der Waals surface area contributed by atoms with E-state index in [9.17, 15) is 0 Å². The zero-order valence-corrected chi connectivity index (χ0v) is 21.9. The van der Waals surface area contributed by atoms with Crippen molar-refractivity contribution in [1.82, 2.24) is 19.8 Å². The van der Waals surface area contributed by atoms with Gasteiger partial charge in [0.15, 0.2) is 0 Å². The molecule has 3 fully saturated rings. The lowest BCUT2D eigenvalue weighted by molar-refractivity contribution is 0.0331. The van der Waals surface area contributed by atoms with E-state index in [1.807, 2.05) is 11.3 Å². The molecule has 0 aliphatic carbocycles. The number of thiophene rings is 2. The smallest absolute Gasteiger partial charge is 0.146 e. The van der Waals surface area contributed by atoms with Gasteiger partial charge in [0.05, 0.1) is 25.1 Å². The largest absolute Gasteiger partial charge is 0.379 e. The average molecular weight is 498 g/mol. The SMILES string of the molecule is C[C@H]1CC[C@H](C)N1[C@@H]1CCCN(c2nc(CN3CCOCC3)nc3scc(-c4cccs4)c23)C1. The summed E-state index contributed by atoms with van der Waals surface area (Å²) in [5.74, 6) is 2.11. The van der Waals surface area contributed by atoms with E-state index < -0.39 is 0 Å². The zero-order chi connectivity index (χ0) is 23.1. The minimum atomic E-state index is 0.609. The predicted molar refractivity (Wildman–Crippen MR) is 142 cm³/mol. The van der Waals surface area contributed by atoms with Crippen molar-refractivity contribution >= 4 is 38.7 Å². The quantitative estimate of drug-likeness (QED) is 0.489. The minimum absolute atomic E-state index is 0.609. The van der Waals surface area contributed by atoms with E-state index in [0.29, 0.717) is 18.1 Å². The maximum absolute atomic E-state index is 5.56. The number of likely N-dealkylation sites (tertiary alicyclic amines) is 1. The fraction of sp³-hybridized carbons (Fsp3) is 0.615. The molecule has 3 aliphatic heterocycles. The molecule has 0 radical (unpaired) electrons. The first-order valence-electron chi connectivity index (χ1n) is 12.8. The highest BCUT2D eigenvalue weighted by molar-refractivity contribution is 7.18. The van der Waals surface area contributed by atoms with Crippen LogP contribution in [0.1, 0.15) is 45.4 Å². The van der Waals surface area contributed by atoms with Gasteiger partial charge in [0.1, 0.15) is 16.5 Å². The molecule has 0 unspecified atom stereocenters. The van der Waals surface area contributed by atoms with Gasteiger partial charge in [-0.05, 0) is 51.0 Å². The monoisotopic (exact) mass is 497 g/mol. The van der Waals surface area contributed by atoms with Crippen molar-refractivity contribution in [3.8, 4) is 10.4 Å². The highest BCUT2D eigenvalue weighted by Gasteiger charge is 2.36. The first kappa shape index (κ1) is 22.9. The predicted octanol–water partition coefficient (Wildman–Crippen LogP) is 5.09. The standard InChI is InChI=1S/C26H35N5OS2/c1-18-7-8-19(2)31(18)20-5-3-9-30(15-20)25-24-21(22-6-4-14-33-22)17-34-26(24)28-23(27-25)16-29-10-12-32-13-11-29/h4,6,14,17-20H,3,5,7-13,15-16H2,1-2H3/t18-,19-,20+/m0/s1. The molecule has 182 valence electrons. The molecule has 0 bridgehead atoms. The fourth-order valence-electron chi connectivity index (χ4n) is 6.16. The Balaban J connectivity index is 1.37. The summed E-state index contributed by atoms with van der Waals surface area (Å²) in [6, 6.07) is 6.35. The molecule has 3 saturated heterocycles. The lowest BCUT2D eigenvalue weighted by Gasteiger charge is -2.42. The third-order valence-corrected chi connectivity index (χ3v) is 9.63. The molecule has 6 nitrogen and oxygen atoms in total. The van der Waals surface area contributed by atoms with Gasteiger partial charge in [-0.15, -0.1) is 22.7 Å². The Bertz CT molecular complexity index is 1100. The number of hydrogen-bond donors (Lipinski definition) is 0. The molecule has 0 spiro atoms. The number of fused-ring (bicyclic) bond motifs is 1. The van der Waals surface area contributed by atoms with Crippen molar-refractivity contribution in [1.29, 1.82) is 0 Å². The molecule has 3 aliphatic rings. The van der Waals surface area contributed by atoms with Crippen molar-refractivity contribution in [2.75, 3.05) is 44.3 Å². The van der Waals surface area contributed by atoms with E-state index in [2.05, 4.69) is 51.4 Å². The minimum Gasteiger partial charge on any atom is -0.379 e. The molecule has 6 heterocycles. The number of anilines is 1. The Morgan fingerprint density at radius 3 is 2.62 bits per heavy atom. The van der Waals surface area contributed by atoms with Crippen LogP contribution in [0.2, 0.25) is 0 Å². The Morgan fingerprint density at radius 2 is 1.85 bits per heavy atom. The van der Waals surface area contributed by atoms with Crippen molar-refractivity contribution < 1.29 is 4.74 Å². The lowest BCUT2D eigenvalue weighted by atomic mass is 10.0. The van der Waals surface area contributed by atoms with E-state index in [1.165, 1.54) is 41.5 Å². The van der Waals surface area contributed by atoms with Gasteiger partial charge in [-0.1, -0.05) is 6.07 Å². The van der Waals surface area contributed by atoms with Crippen LogP contribution in [-0.2, 0) is 11.3 Å². The lowest BCUT2D eigenvalue weighted by Crippen LogP contribution is -2.51. The molecule has 0 saturated carbocycles. The van der Waals surface area contributed by atoms with Gasteiger partial charge in [-0.2, -0.15) is 0 Å². The summed E-state index contributed by atoms with van der Waals surface area (Å²) in [5, 5.41) is 5.71. The molecule has 34 heavy (non-hydrogen) atoms. The van der Waals surface area contributed by atoms with Crippen LogP contribution < -0.4 is 4.90 Å². The summed E-state index contributed by atoms with van der Waals surface area (Å²) in [6.45, 7) is 11.3. The third-order valence-electron chi connectivity index (χ3n) is 7.85. The molecule has 6 rings (SSSR count). The van der Waals surface area contributed by atoms with Crippen LogP contribution in [0.25, 0.3) is 20.7 Å². The molecule has 0 amide bonds. The molecule has 3 atom stereocenters. The second-order valence-electron chi connectivity index (χ2n) is 10.1. The highest BCUT2D eigenvalue weighted by Crippen LogP contribution is 2.41. The summed E-state index contributed by atoms with van der Waals surface area (Å²) in [7, 11) is 0. The normalized spacial score (nSPS) is 27.1. The van der Waals surface area contributed by atoms with Gasteiger partial charge in [0.25, 0.3) is 0 Å². The maximum atomic E-state index is 5.56. The molecule has 3 aromatic heterocycles. The van der Waals surface area contributed by atoms with Gasteiger partial charge in [-0.3, -0.25) is 9.80 Å². The van der Waals surface area contributed by atoms with E-state index >= 15 is 0 Å². The van der Waals surface area contributed by atoms with Gasteiger partial charge >= 0.3 is 0 Å². The maximum Gasteiger partial charge on any atom is 0.146 e. The number of morpholine rings is 1. The van der Waals surface area contributed by atoms with E-state index in [4.69, 9.17) is 14.7 Å². The fourth-order valence-corrected chi connectivity index (χ4v) is 7.94. The Labute approximate surface area is 210 Å². The summed E-state index contributed by atoms with van der Waals surface area (Å²) in [4.78, 5) is 20.6. The topological polar surface area (TPSA) is 44.7 Å². The Hall–Kier alpha value is -1.58. The van der Waals surface area contributed by atoms with Crippen LogP contribution in [0.4, 0.5) is 5.82 Å². The molecular weight excluding hydrogens is 462 g/mol. The second-order valence-corrected chi connectivity index (χ2v) is 11.9. The van der Waals surface area contributed by atoms with Gasteiger partial charge in [0, 0.05) is 60.1 Å². The Morgan fingerprint density at radius 1 is 1.03 bits per heavy atom. The van der Waals surface area contributed by atoms with Crippen LogP contribution in [0.5, 0.6) is 0 Å². The van der Waals surface area contributed by atoms with Crippen LogP contribution in [0, 0.1) is 0 Å². The molecule has 3 aromatic rings. The van der Waals surface area contributed by atoms with Gasteiger partial charge < -0.3 is 9.64 Å². The van der Waals surface area contributed by atoms with E-state index in [0.717, 1.165) is 62.4 Å². The molecule has 8 heteroatoms. The number of ether oxygens (including phenoxy) is 1. The van der Waals surface area contributed by atoms with E-state index in [-0.39, 0.29) is 0 Å². The van der Waals surface area contributed by atoms with Crippen LogP contribution in [0.15, 0.2) is 22.9 Å². The second kappa shape index (κ2) is 9.82. The molecule has 0 aromatic carbocycles. The summed E-state index contributed by atoms with van der Waals surface area (Å²) in [6.07, 6.45) is 5.17. The molecular formula is C26H35N5OS2.